The number of aryl methyl sites for hydroxylation is 1. The summed E-state index contributed by atoms with van der Waals surface area (Å²) in [7, 11) is 0. The molecular weight excluding hydrogens is 254 g/mol. The van der Waals surface area contributed by atoms with Crippen molar-refractivity contribution >= 4 is 23.3 Å². The second-order valence-corrected chi connectivity index (χ2v) is 5.61. The summed E-state index contributed by atoms with van der Waals surface area (Å²) in [5, 5.41) is 12.5. The number of nitrogens with zero attached hydrogens (tertiary/aromatic N) is 2. The van der Waals surface area contributed by atoms with Gasteiger partial charge >= 0.3 is 12.0 Å². The SMILES string of the molecule is Cc1cnc(CNC(=O)N2CCC(C(=O)O)C2)s1. The zero-order valence-electron chi connectivity index (χ0n) is 10.0. The number of nitrogens with one attached hydrogen (secondary N) is 1. The van der Waals surface area contributed by atoms with Crippen LogP contribution in [0.4, 0.5) is 4.79 Å². The van der Waals surface area contributed by atoms with Crippen LogP contribution < -0.4 is 5.32 Å². The lowest BCUT2D eigenvalue weighted by molar-refractivity contribution is -0.141. The molecule has 1 aliphatic rings. The van der Waals surface area contributed by atoms with Crippen molar-refractivity contribution in [2.45, 2.75) is 19.9 Å². The van der Waals surface area contributed by atoms with Crippen molar-refractivity contribution in [3.05, 3.63) is 16.1 Å². The Morgan fingerprint density at radius 3 is 3.00 bits per heavy atom. The average Bonchev–Trinajstić information content (AvgIpc) is 2.94. The van der Waals surface area contributed by atoms with Crippen LogP contribution in [-0.4, -0.2) is 40.1 Å². The number of thiazole rings is 1. The fourth-order valence-corrected chi connectivity index (χ4v) is 2.62. The molecule has 98 valence electrons. The first-order valence-electron chi connectivity index (χ1n) is 5.73. The second-order valence-electron chi connectivity index (χ2n) is 4.29. The van der Waals surface area contributed by atoms with Crippen LogP contribution >= 0.6 is 11.3 Å². The van der Waals surface area contributed by atoms with Crippen molar-refractivity contribution in [2.75, 3.05) is 13.1 Å². The minimum atomic E-state index is -0.833. The topological polar surface area (TPSA) is 82.5 Å². The summed E-state index contributed by atoms with van der Waals surface area (Å²) < 4.78 is 0. The van der Waals surface area contributed by atoms with Gasteiger partial charge in [0, 0.05) is 24.2 Å². The van der Waals surface area contributed by atoms with E-state index >= 15 is 0 Å². The number of likely N-dealkylation sites (tertiary alicyclic amines) is 1. The standard InChI is InChI=1S/C11H15N3O3S/c1-7-4-12-9(18-7)5-13-11(17)14-3-2-8(6-14)10(15)16/h4,8H,2-3,5-6H2,1H3,(H,13,17)(H,15,16). The highest BCUT2D eigenvalue weighted by molar-refractivity contribution is 7.11. The van der Waals surface area contributed by atoms with Crippen LogP contribution in [0.25, 0.3) is 0 Å². The van der Waals surface area contributed by atoms with Gasteiger partial charge in [-0.05, 0) is 13.3 Å². The Balaban J connectivity index is 1.80. The number of carboxylic acids is 1. The third kappa shape index (κ3) is 2.98. The van der Waals surface area contributed by atoms with E-state index in [1.165, 1.54) is 11.3 Å². The van der Waals surface area contributed by atoms with Crippen molar-refractivity contribution in [3.63, 3.8) is 0 Å². The number of rotatable bonds is 3. The van der Waals surface area contributed by atoms with Crippen LogP contribution in [0, 0.1) is 12.8 Å². The number of carboxylic acid groups (broad SMARTS) is 1. The van der Waals surface area contributed by atoms with Gasteiger partial charge in [-0.3, -0.25) is 4.79 Å². The summed E-state index contributed by atoms with van der Waals surface area (Å²) in [4.78, 5) is 29.4. The first-order valence-corrected chi connectivity index (χ1v) is 6.55. The van der Waals surface area contributed by atoms with E-state index in [2.05, 4.69) is 10.3 Å². The van der Waals surface area contributed by atoms with Gasteiger partial charge < -0.3 is 15.3 Å². The Kier molecular flexibility index (Phi) is 3.81. The Bertz CT molecular complexity index is 460. The lowest BCUT2D eigenvalue weighted by Crippen LogP contribution is -2.38. The summed E-state index contributed by atoms with van der Waals surface area (Å²) in [5.41, 5.74) is 0. The van der Waals surface area contributed by atoms with Crippen LogP contribution in [0.2, 0.25) is 0 Å². The molecule has 2 heterocycles. The van der Waals surface area contributed by atoms with Crippen molar-refractivity contribution in [1.82, 2.24) is 15.2 Å². The van der Waals surface area contributed by atoms with Gasteiger partial charge in [0.05, 0.1) is 12.5 Å². The minimum absolute atomic E-state index is 0.216. The van der Waals surface area contributed by atoms with Crippen LogP contribution in [0.1, 0.15) is 16.3 Å². The fraction of sp³-hybridized carbons (Fsp3) is 0.545. The van der Waals surface area contributed by atoms with Gasteiger partial charge in [0.15, 0.2) is 0 Å². The molecule has 0 aliphatic carbocycles. The number of carbonyl (C=O) groups excluding carboxylic acids is 1. The number of hydrogen-bond donors (Lipinski definition) is 2. The van der Waals surface area contributed by atoms with Crippen LogP contribution in [-0.2, 0) is 11.3 Å². The Morgan fingerprint density at radius 2 is 2.44 bits per heavy atom. The quantitative estimate of drug-likeness (QED) is 0.859. The number of aliphatic carboxylic acids is 1. The zero-order chi connectivity index (χ0) is 13.1. The Hall–Kier alpha value is -1.63. The lowest BCUT2D eigenvalue weighted by atomic mass is 10.1. The number of urea groups is 1. The molecule has 1 aliphatic heterocycles. The third-order valence-electron chi connectivity index (χ3n) is 2.88. The molecule has 18 heavy (non-hydrogen) atoms. The summed E-state index contributed by atoms with van der Waals surface area (Å²) in [5.74, 6) is -1.27. The molecule has 1 aromatic rings. The molecule has 1 atom stereocenters. The summed E-state index contributed by atoms with van der Waals surface area (Å²) >= 11 is 1.54. The number of amides is 2. The molecule has 0 bridgehead atoms. The van der Waals surface area contributed by atoms with E-state index in [1.54, 1.807) is 11.1 Å². The molecule has 0 spiro atoms. The highest BCUT2D eigenvalue weighted by Crippen LogP contribution is 2.16. The van der Waals surface area contributed by atoms with Crippen LogP contribution in [0.5, 0.6) is 0 Å². The van der Waals surface area contributed by atoms with E-state index in [4.69, 9.17) is 5.11 Å². The van der Waals surface area contributed by atoms with Crippen molar-refractivity contribution in [3.8, 4) is 0 Å². The molecule has 2 amide bonds. The van der Waals surface area contributed by atoms with Crippen molar-refractivity contribution in [2.24, 2.45) is 5.92 Å². The average molecular weight is 269 g/mol. The molecule has 6 nitrogen and oxygen atoms in total. The van der Waals surface area contributed by atoms with Gasteiger partial charge in [-0.2, -0.15) is 0 Å². The first kappa shape index (κ1) is 12.8. The van der Waals surface area contributed by atoms with Crippen LogP contribution in [0.3, 0.4) is 0 Å². The third-order valence-corrected chi connectivity index (χ3v) is 3.80. The molecule has 7 heteroatoms. The van der Waals surface area contributed by atoms with Crippen molar-refractivity contribution in [1.29, 1.82) is 0 Å². The molecule has 0 saturated carbocycles. The Labute approximate surface area is 109 Å². The highest BCUT2D eigenvalue weighted by atomic mass is 32.1. The normalized spacial score (nSPS) is 18.9. The van der Waals surface area contributed by atoms with E-state index in [0.29, 0.717) is 19.5 Å². The molecule has 0 aromatic carbocycles. The maximum Gasteiger partial charge on any atom is 0.317 e. The predicted octanol–water partition coefficient (Wildman–Crippen LogP) is 1.07. The number of carbonyl (C=O) groups is 2. The zero-order valence-corrected chi connectivity index (χ0v) is 10.9. The van der Waals surface area contributed by atoms with E-state index in [0.717, 1.165) is 9.88 Å². The van der Waals surface area contributed by atoms with Crippen LogP contribution in [0.15, 0.2) is 6.20 Å². The largest absolute Gasteiger partial charge is 0.481 e. The molecule has 1 fully saturated rings. The van der Waals surface area contributed by atoms with Gasteiger partial charge in [-0.15, -0.1) is 11.3 Å². The maximum absolute atomic E-state index is 11.8. The van der Waals surface area contributed by atoms with E-state index in [-0.39, 0.29) is 12.6 Å². The molecule has 2 rings (SSSR count). The van der Waals surface area contributed by atoms with E-state index in [9.17, 15) is 9.59 Å². The number of aromatic nitrogens is 1. The van der Waals surface area contributed by atoms with Gasteiger partial charge in [0.2, 0.25) is 0 Å². The molecule has 1 saturated heterocycles. The van der Waals surface area contributed by atoms with E-state index in [1.807, 2.05) is 6.92 Å². The molecular formula is C11H15N3O3S. The lowest BCUT2D eigenvalue weighted by Gasteiger charge is -2.16. The molecule has 0 radical (unpaired) electrons. The summed E-state index contributed by atoms with van der Waals surface area (Å²) in [6, 6.07) is -0.216. The fourth-order valence-electron chi connectivity index (χ4n) is 1.89. The first-order chi connectivity index (χ1) is 8.56. The van der Waals surface area contributed by atoms with Crippen molar-refractivity contribution < 1.29 is 14.7 Å². The Morgan fingerprint density at radius 1 is 1.67 bits per heavy atom. The number of hydrogen-bond acceptors (Lipinski definition) is 4. The summed E-state index contributed by atoms with van der Waals surface area (Å²) in [6.07, 6.45) is 2.29. The highest BCUT2D eigenvalue weighted by Gasteiger charge is 2.30. The molecule has 1 unspecified atom stereocenters. The van der Waals surface area contributed by atoms with Gasteiger partial charge in [0.25, 0.3) is 0 Å². The maximum atomic E-state index is 11.8. The minimum Gasteiger partial charge on any atom is -0.481 e. The summed E-state index contributed by atoms with van der Waals surface area (Å²) in [6.45, 7) is 3.14. The van der Waals surface area contributed by atoms with Gasteiger partial charge in [-0.25, -0.2) is 9.78 Å². The van der Waals surface area contributed by atoms with Gasteiger partial charge in [0.1, 0.15) is 5.01 Å². The monoisotopic (exact) mass is 269 g/mol. The molecule has 2 N–H and O–H groups in total. The van der Waals surface area contributed by atoms with E-state index < -0.39 is 11.9 Å². The second kappa shape index (κ2) is 5.34. The van der Waals surface area contributed by atoms with Gasteiger partial charge in [-0.1, -0.05) is 0 Å². The molecule has 1 aromatic heterocycles. The predicted molar refractivity (Wildman–Crippen MR) is 66.4 cm³/mol. The smallest absolute Gasteiger partial charge is 0.317 e.